The molecule has 5 aliphatic heterocycles. The number of nitriles is 1. The van der Waals surface area contributed by atoms with Gasteiger partial charge in [0.2, 0.25) is 0 Å². The summed E-state index contributed by atoms with van der Waals surface area (Å²) in [5.41, 5.74) is 11.6. The monoisotopic (exact) mass is 471 g/mol. The van der Waals surface area contributed by atoms with Gasteiger partial charge in [-0.05, 0) is 49.3 Å². The number of halogens is 1. The molecule has 34 heavy (non-hydrogen) atoms. The molecule has 2 aromatic rings. The third-order valence-electron chi connectivity index (χ3n) is 7.84. The zero-order chi connectivity index (χ0) is 23.1. The van der Waals surface area contributed by atoms with Gasteiger partial charge >= 0.3 is 0 Å². The number of Topliss-reactive ketones (excluding diaryl/α,β-unsaturated/α-hetero) is 1. The second kappa shape index (κ2) is 7.03. The Kier molecular flexibility index (Phi) is 4.13. The maximum Gasteiger partial charge on any atom is 0.161 e. The lowest BCUT2D eigenvalue weighted by molar-refractivity contribution is -0.116. The van der Waals surface area contributed by atoms with Crippen molar-refractivity contribution in [3.63, 3.8) is 0 Å². The number of carbonyl (C=O) groups excluding carboxylic acids is 1. The van der Waals surface area contributed by atoms with Crippen molar-refractivity contribution in [2.45, 2.75) is 43.9 Å². The SMILES string of the molecule is N#CC1=C2N=C(N)c3c(sc4c3C3CCN4CC3)N2C2=C(C(=O)CCC2)[C@@H]1c1ccc(F)cc1. The van der Waals surface area contributed by atoms with E-state index >= 15 is 0 Å². The number of anilines is 2. The van der Waals surface area contributed by atoms with Gasteiger partial charge < -0.3 is 10.6 Å². The molecule has 0 amide bonds. The molecular formula is C26H22FN5OS. The van der Waals surface area contributed by atoms with E-state index in [9.17, 15) is 14.4 Å². The topological polar surface area (TPSA) is 85.7 Å². The summed E-state index contributed by atoms with van der Waals surface area (Å²) in [6.07, 6.45) is 4.18. The van der Waals surface area contributed by atoms with Gasteiger partial charge in [0.15, 0.2) is 11.6 Å². The Morgan fingerprint density at radius 1 is 1.15 bits per heavy atom. The minimum Gasteiger partial charge on any atom is -0.383 e. The summed E-state index contributed by atoms with van der Waals surface area (Å²) >= 11 is 1.71. The van der Waals surface area contributed by atoms with Crippen molar-refractivity contribution < 1.29 is 9.18 Å². The highest BCUT2D eigenvalue weighted by atomic mass is 32.1. The maximum atomic E-state index is 13.7. The van der Waals surface area contributed by atoms with Crippen LogP contribution in [0.15, 0.2) is 51.9 Å². The number of benzene rings is 1. The first-order chi connectivity index (χ1) is 16.6. The van der Waals surface area contributed by atoms with Crippen molar-refractivity contribution in [1.82, 2.24) is 0 Å². The fourth-order valence-electron chi connectivity index (χ4n) is 6.34. The summed E-state index contributed by atoms with van der Waals surface area (Å²) in [5.74, 6) is 0.576. The summed E-state index contributed by atoms with van der Waals surface area (Å²) in [6, 6.07) is 8.43. The lowest BCUT2D eigenvalue weighted by Gasteiger charge is -2.41. The van der Waals surface area contributed by atoms with Crippen LogP contribution in [0.4, 0.5) is 14.4 Å². The molecule has 8 rings (SSSR count). The number of ketones is 1. The number of fused-ring (bicyclic) bond motifs is 6. The van der Waals surface area contributed by atoms with Crippen molar-refractivity contribution in [3.8, 4) is 6.07 Å². The number of carbonyl (C=O) groups is 1. The molecule has 6 heterocycles. The fraction of sp³-hybridized carbons (Fsp3) is 0.346. The van der Waals surface area contributed by atoms with Gasteiger partial charge in [-0.2, -0.15) is 5.26 Å². The molecule has 2 N–H and O–H groups in total. The minimum absolute atomic E-state index is 0.0524. The lowest BCUT2D eigenvalue weighted by Crippen LogP contribution is -2.40. The van der Waals surface area contributed by atoms with Gasteiger partial charge in [0.1, 0.15) is 16.7 Å². The van der Waals surface area contributed by atoms with Crippen molar-refractivity contribution >= 4 is 33.0 Å². The minimum atomic E-state index is -0.563. The molecule has 1 aliphatic carbocycles. The van der Waals surface area contributed by atoms with Gasteiger partial charge in [0, 0.05) is 36.3 Å². The summed E-state index contributed by atoms with van der Waals surface area (Å²) in [6.45, 7) is 2.11. The highest BCUT2D eigenvalue weighted by molar-refractivity contribution is 7.21. The quantitative estimate of drug-likeness (QED) is 0.654. The van der Waals surface area contributed by atoms with Crippen molar-refractivity contribution in [3.05, 3.63) is 69.4 Å². The van der Waals surface area contributed by atoms with Crippen LogP contribution in [0.1, 0.15) is 60.6 Å². The lowest BCUT2D eigenvalue weighted by atomic mass is 9.75. The number of nitrogens with two attached hydrogens (primary N) is 1. The van der Waals surface area contributed by atoms with Gasteiger partial charge in [0.25, 0.3) is 0 Å². The second-order valence-electron chi connectivity index (χ2n) is 9.57. The van der Waals surface area contributed by atoms with E-state index in [1.807, 2.05) is 0 Å². The van der Waals surface area contributed by atoms with Crippen molar-refractivity contribution in [1.29, 1.82) is 5.26 Å². The molecule has 8 heteroatoms. The third-order valence-corrected chi connectivity index (χ3v) is 9.09. The highest BCUT2D eigenvalue weighted by Gasteiger charge is 2.46. The Morgan fingerprint density at radius 3 is 2.65 bits per heavy atom. The van der Waals surface area contributed by atoms with E-state index in [2.05, 4.69) is 15.9 Å². The van der Waals surface area contributed by atoms with Crippen molar-refractivity contribution in [2.24, 2.45) is 10.7 Å². The summed E-state index contributed by atoms with van der Waals surface area (Å²) < 4.78 is 13.7. The summed E-state index contributed by atoms with van der Waals surface area (Å²) in [4.78, 5) is 22.7. The Hall–Kier alpha value is -3.44. The first-order valence-corrected chi connectivity index (χ1v) is 12.6. The van der Waals surface area contributed by atoms with Crippen LogP contribution in [0.25, 0.3) is 0 Å². The molecule has 0 saturated carbocycles. The van der Waals surface area contributed by atoms with Gasteiger partial charge in [-0.15, -0.1) is 0 Å². The average Bonchev–Trinajstić information content (AvgIpc) is 3.28. The zero-order valence-electron chi connectivity index (χ0n) is 18.5. The molecule has 1 fully saturated rings. The molecule has 0 unspecified atom stereocenters. The number of allylic oxidation sites excluding steroid dienone is 3. The molecule has 6 nitrogen and oxygen atoms in total. The van der Waals surface area contributed by atoms with Gasteiger partial charge in [0.05, 0.1) is 28.1 Å². The molecule has 1 aromatic carbocycles. The standard InChI is InChI=1S/C26H22FN5OS/c27-15-6-4-13(5-7-15)19-16(12-28)24-30-23(29)22-20-14-8-10-31(11-9-14)25(20)34-26(22)32(24)17-2-1-3-18(33)21(17)19/h4-7,14,19H,1-3,8-11H2,(H2,29,30)/t19-/m1/s1. The Morgan fingerprint density at radius 2 is 1.91 bits per heavy atom. The van der Waals surface area contributed by atoms with E-state index in [-0.39, 0.29) is 11.6 Å². The molecule has 1 aromatic heterocycles. The molecule has 0 spiro atoms. The molecular weight excluding hydrogens is 449 g/mol. The Balaban J connectivity index is 1.51. The van der Waals surface area contributed by atoms with Crippen LogP contribution in [0, 0.1) is 17.1 Å². The number of piperidine rings is 1. The summed E-state index contributed by atoms with van der Waals surface area (Å²) in [7, 11) is 0. The van der Waals surface area contributed by atoms with Crippen LogP contribution in [0.2, 0.25) is 0 Å². The van der Waals surface area contributed by atoms with Crippen LogP contribution in [-0.4, -0.2) is 24.7 Å². The number of thiophene rings is 1. The largest absolute Gasteiger partial charge is 0.383 e. The van der Waals surface area contributed by atoms with Gasteiger partial charge in [-0.3, -0.25) is 9.69 Å². The van der Waals surface area contributed by atoms with E-state index in [1.54, 1.807) is 23.5 Å². The number of aliphatic imine (C=N–C) groups is 1. The van der Waals surface area contributed by atoms with Crippen LogP contribution in [0.5, 0.6) is 0 Å². The van der Waals surface area contributed by atoms with E-state index in [0.29, 0.717) is 35.1 Å². The smallest absolute Gasteiger partial charge is 0.161 e. The van der Waals surface area contributed by atoms with E-state index in [1.165, 1.54) is 22.7 Å². The van der Waals surface area contributed by atoms with Gasteiger partial charge in [-0.25, -0.2) is 9.38 Å². The van der Waals surface area contributed by atoms with Crippen LogP contribution in [-0.2, 0) is 4.79 Å². The number of hydrogen-bond acceptors (Lipinski definition) is 7. The molecule has 1 atom stereocenters. The fourth-order valence-corrected chi connectivity index (χ4v) is 7.82. The van der Waals surface area contributed by atoms with E-state index in [4.69, 9.17) is 10.7 Å². The van der Waals surface area contributed by atoms with Crippen LogP contribution >= 0.6 is 11.3 Å². The molecule has 2 bridgehead atoms. The third kappa shape index (κ3) is 2.53. The predicted molar refractivity (Wildman–Crippen MR) is 129 cm³/mol. The number of rotatable bonds is 1. The highest BCUT2D eigenvalue weighted by Crippen LogP contribution is 2.57. The first kappa shape index (κ1) is 20.0. The Labute approximate surface area is 200 Å². The molecule has 170 valence electrons. The van der Waals surface area contributed by atoms with E-state index < -0.39 is 5.92 Å². The molecule has 0 radical (unpaired) electrons. The van der Waals surface area contributed by atoms with Crippen molar-refractivity contribution in [2.75, 3.05) is 22.9 Å². The Bertz CT molecular complexity index is 1400. The first-order valence-electron chi connectivity index (χ1n) is 11.8. The normalized spacial score (nSPS) is 23.4. The molecule has 6 aliphatic rings. The van der Waals surface area contributed by atoms with E-state index in [0.717, 1.165) is 60.6 Å². The van der Waals surface area contributed by atoms with Crippen LogP contribution in [0.3, 0.4) is 0 Å². The zero-order valence-corrected chi connectivity index (χ0v) is 19.3. The van der Waals surface area contributed by atoms with Crippen LogP contribution < -0.4 is 15.5 Å². The maximum absolute atomic E-state index is 13.7. The average molecular weight is 472 g/mol. The number of nitrogens with zero attached hydrogens (tertiary/aromatic N) is 4. The predicted octanol–water partition coefficient (Wildman–Crippen LogP) is 4.65. The second-order valence-corrected chi connectivity index (χ2v) is 10.5. The summed E-state index contributed by atoms with van der Waals surface area (Å²) in [5, 5.41) is 12.6. The number of hydrogen-bond donors (Lipinski definition) is 1. The van der Waals surface area contributed by atoms with Gasteiger partial charge in [-0.1, -0.05) is 23.5 Å². The number of amidine groups is 1. The molecule has 1 saturated heterocycles.